The average Bonchev–Trinajstić information content (AvgIpc) is 2.96. The zero-order chi connectivity index (χ0) is 13.0. The van der Waals surface area contributed by atoms with Crippen molar-refractivity contribution in [1.82, 2.24) is 20.1 Å². The summed E-state index contributed by atoms with van der Waals surface area (Å²) in [7, 11) is 1.80. The highest BCUT2D eigenvalue weighted by molar-refractivity contribution is 5.83. The van der Waals surface area contributed by atoms with Crippen LogP contribution in [0.1, 0.15) is 19.2 Å². The number of aromatic nitrogens is 3. The molecule has 1 saturated heterocycles. The minimum Gasteiger partial charge on any atom is -0.379 e. The fourth-order valence-electron chi connectivity index (χ4n) is 2.17. The van der Waals surface area contributed by atoms with Crippen molar-refractivity contribution in [2.24, 2.45) is 13.0 Å². The van der Waals surface area contributed by atoms with Gasteiger partial charge in [0.15, 0.2) is 0 Å². The van der Waals surface area contributed by atoms with Crippen LogP contribution in [0.5, 0.6) is 0 Å². The quantitative estimate of drug-likeness (QED) is 0.768. The summed E-state index contributed by atoms with van der Waals surface area (Å²) in [5.41, 5.74) is 0. The average molecular weight is 252 g/mol. The molecule has 1 N–H and O–H groups in total. The van der Waals surface area contributed by atoms with Crippen molar-refractivity contribution in [3.8, 4) is 0 Å². The van der Waals surface area contributed by atoms with Crippen LogP contribution in [0.3, 0.4) is 0 Å². The minimum atomic E-state index is -0.0618. The van der Waals surface area contributed by atoms with Crippen LogP contribution in [-0.4, -0.2) is 46.3 Å². The Balaban J connectivity index is 1.93. The molecule has 0 spiro atoms. The fraction of sp³-hybridized carbons (Fsp3) is 0.750. The third-order valence-electron chi connectivity index (χ3n) is 3.29. The Bertz CT molecular complexity index is 405. The number of rotatable bonds is 6. The summed E-state index contributed by atoms with van der Waals surface area (Å²) in [6, 6.07) is 0.144. The molecule has 2 atom stereocenters. The highest BCUT2D eigenvalue weighted by atomic mass is 16.5. The largest absolute Gasteiger partial charge is 0.379 e. The van der Waals surface area contributed by atoms with E-state index >= 15 is 0 Å². The second-order valence-electron chi connectivity index (χ2n) is 4.65. The number of ketones is 1. The maximum absolute atomic E-state index is 12.2. The van der Waals surface area contributed by atoms with E-state index in [1.54, 1.807) is 11.7 Å². The molecule has 0 bridgehead atoms. The highest BCUT2D eigenvalue weighted by Gasteiger charge is 2.33. The topological polar surface area (TPSA) is 69.0 Å². The van der Waals surface area contributed by atoms with E-state index in [1.165, 1.54) is 6.33 Å². The Kier molecular flexibility index (Phi) is 4.43. The van der Waals surface area contributed by atoms with Crippen LogP contribution in [0.4, 0.5) is 0 Å². The maximum atomic E-state index is 12.2. The summed E-state index contributed by atoms with van der Waals surface area (Å²) >= 11 is 0. The molecule has 1 fully saturated rings. The van der Waals surface area contributed by atoms with E-state index in [1.807, 2.05) is 0 Å². The molecule has 6 heteroatoms. The van der Waals surface area contributed by atoms with Gasteiger partial charge in [-0.25, -0.2) is 4.98 Å². The first-order chi connectivity index (χ1) is 8.72. The van der Waals surface area contributed by atoms with Gasteiger partial charge in [0.05, 0.1) is 25.6 Å². The van der Waals surface area contributed by atoms with Crippen LogP contribution in [0.2, 0.25) is 0 Å². The highest BCUT2D eigenvalue weighted by Crippen LogP contribution is 2.16. The molecule has 0 saturated carbocycles. The molecule has 0 radical (unpaired) electrons. The van der Waals surface area contributed by atoms with Crippen LogP contribution in [0.25, 0.3) is 0 Å². The molecule has 1 aromatic rings. The van der Waals surface area contributed by atoms with Crippen LogP contribution in [0.15, 0.2) is 6.33 Å². The predicted molar refractivity (Wildman–Crippen MR) is 66.1 cm³/mol. The van der Waals surface area contributed by atoms with Gasteiger partial charge in [0.1, 0.15) is 17.9 Å². The normalized spacial score (nSPS) is 23.4. The van der Waals surface area contributed by atoms with Gasteiger partial charge in [-0.15, -0.1) is 0 Å². The molecular formula is C12H20N4O2. The minimum absolute atomic E-state index is 0.0618. The summed E-state index contributed by atoms with van der Waals surface area (Å²) in [5.74, 6) is 0.826. The number of ether oxygens (including phenoxy) is 1. The van der Waals surface area contributed by atoms with Crippen LogP contribution < -0.4 is 5.32 Å². The molecule has 1 aromatic heterocycles. The number of Topliss-reactive ketones (excluding diaryl/α,β-unsaturated/α-hetero) is 1. The number of nitrogens with one attached hydrogen (secondary N) is 1. The number of hydrogen-bond acceptors (Lipinski definition) is 5. The van der Waals surface area contributed by atoms with Gasteiger partial charge in [0, 0.05) is 13.1 Å². The SMILES string of the molecule is CCCNC1COCC1C(=O)Cc1ncnn1C. The van der Waals surface area contributed by atoms with Crippen molar-refractivity contribution in [3.05, 3.63) is 12.2 Å². The van der Waals surface area contributed by atoms with E-state index < -0.39 is 0 Å². The van der Waals surface area contributed by atoms with E-state index in [-0.39, 0.29) is 17.7 Å². The summed E-state index contributed by atoms with van der Waals surface area (Å²) < 4.78 is 7.05. The van der Waals surface area contributed by atoms with Crippen molar-refractivity contribution in [1.29, 1.82) is 0 Å². The number of aryl methyl sites for hydroxylation is 1. The van der Waals surface area contributed by atoms with Crippen molar-refractivity contribution in [2.75, 3.05) is 19.8 Å². The zero-order valence-corrected chi connectivity index (χ0v) is 10.9. The summed E-state index contributed by atoms with van der Waals surface area (Å²) in [5, 5.41) is 7.34. The number of nitrogens with zero attached hydrogens (tertiary/aromatic N) is 3. The summed E-state index contributed by atoms with van der Waals surface area (Å²) in [6.45, 7) is 4.16. The molecule has 0 aromatic carbocycles. The van der Waals surface area contributed by atoms with E-state index in [4.69, 9.17) is 4.74 Å². The molecule has 1 aliphatic rings. The number of carbonyl (C=O) groups is 1. The number of carbonyl (C=O) groups excluding carboxylic acids is 1. The lowest BCUT2D eigenvalue weighted by Crippen LogP contribution is -2.40. The van der Waals surface area contributed by atoms with Gasteiger partial charge in [0.2, 0.25) is 0 Å². The van der Waals surface area contributed by atoms with E-state index in [9.17, 15) is 4.79 Å². The zero-order valence-electron chi connectivity index (χ0n) is 10.9. The monoisotopic (exact) mass is 252 g/mol. The molecule has 0 aliphatic carbocycles. The lowest BCUT2D eigenvalue weighted by Gasteiger charge is -2.17. The third-order valence-corrected chi connectivity index (χ3v) is 3.29. The first kappa shape index (κ1) is 13.2. The smallest absolute Gasteiger partial charge is 0.147 e. The first-order valence-corrected chi connectivity index (χ1v) is 6.39. The van der Waals surface area contributed by atoms with Crippen LogP contribution in [0, 0.1) is 5.92 Å². The fourth-order valence-corrected chi connectivity index (χ4v) is 2.17. The van der Waals surface area contributed by atoms with Gasteiger partial charge in [-0.3, -0.25) is 9.48 Å². The van der Waals surface area contributed by atoms with Gasteiger partial charge < -0.3 is 10.1 Å². The standard InChI is InChI=1S/C12H20N4O2/c1-3-4-13-10-7-18-6-9(10)11(17)5-12-14-8-15-16(12)2/h8-10,13H,3-7H2,1-2H3. The van der Waals surface area contributed by atoms with E-state index in [0.29, 0.717) is 25.5 Å². The van der Waals surface area contributed by atoms with Gasteiger partial charge in [-0.1, -0.05) is 6.92 Å². The second-order valence-corrected chi connectivity index (χ2v) is 4.65. The Morgan fingerprint density at radius 1 is 1.61 bits per heavy atom. The summed E-state index contributed by atoms with van der Waals surface area (Å²) in [4.78, 5) is 16.3. The molecule has 18 heavy (non-hydrogen) atoms. The molecule has 1 aliphatic heterocycles. The molecule has 2 unspecified atom stereocenters. The van der Waals surface area contributed by atoms with Gasteiger partial charge >= 0.3 is 0 Å². The van der Waals surface area contributed by atoms with Gasteiger partial charge in [-0.05, 0) is 13.0 Å². The Labute approximate surface area is 107 Å². The van der Waals surface area contributed by atoms with Gasteiger partial charge in [0.25, 0.3) is 0 Å². The number of hydrogen-bond donors (Lipinski definition) is 1. The second kappa shape index (κ2) is 6.06. The molecule has 0 amide bonds. The van der Waals surface area contributed by atoms with Crippen LogP contribution in [-0.2, 0) is 23.0 Å². The molecular weight excluding hydrogens is 232 g/mol. The first-order valence-electron chi connectivity index (χ1n) is 6.39. The van der Waals surface area contributed by atoms with Crippen molar-refractivity contribution >= 4 is 5.78 Å². The molecule has 2 rings (SSSR count). The predicted octanol–water partition coefficient (Wildman–Crippen LogP) is -0.0587. The Morgan fingerprint density at radius 2 is 2.44 bits per heavy atom. The Hall–Kier alpha value is -1.27. The van der Waals surface area contributed by atoms with Crippen LogP contribution >= 0.6 is 0 Å². The summed E-state index contributed by atoms with van der Waals surface area (Å²) in [6.07, 6.45) is 2.86. The van der Waals surface area contributed by atoms with E-state index in [0.717, 1.165) is 13.0 Å². The van der Waals surface area contributed by atoms with Crippen molar-refractivity contribution < 1.29 is 9.53 Å². The van der Waals surface area contributed by atoms with E-state index in [2.05, 4.69) is 22.3 Å². The third kappa shape index (κ3) is 2.94. The lowest BCUT2D eigenvalue weighted by molar-refractivity contribution is -0.122. The Morgan fingerprint density at radius 3 is 3.11 bits per heavy atom. The maximum Gasteiger partial charge on any atom is 0.147 e. The molecule has 2 heterocycles. The lowest BCUT2D eigenvalue weighted by atomic mass is 9.96. The molecule has 6 nitrogen and oxygen atoms in total. The molecule has 100 valence electrons. The van der Waals surface area contributed by atoms with Crippen molar-refractivity contribution in [3.63, 3.8) is 0 Å². The van der Waals surface area contributed by atoms with Crippen molar-refractivity contribution in [2.45, 2.75) is 25.8 Å². The van der Waals surface area contributed by atoms with Gasteiger partial charge in [-0.2, -0.15) is 5.10 Å².